The van der Waals surface area contributed by atoms with E-state index in [1.165, 1.54) is 6.07 Å². The topological polar surface area (TPSA) is 66.7 Å². The number of rotatable bonds is 1. The number of carbonyl (C=O) groups excluding carboxylic acids is 1. The summed E-state index contributed by atoms with van der Waals surface area (Å²) in [6.07, 6.45) is 1.88. The minimum absolute atomic E-state index is 0.0727. The second kappa shape index (κ2) is 4.31. The molecule has 2 aliphatic heterocycles. The van der Waals surface area contributed by atoms with Gasteiger partial charge in [-0.3, -0.25) is 19.8 Å². The van der Waals surface area contributed by atoms with Gasteiger partial charge >= 0.3 is 0 Å². The number of fused-ring (bicyclic) bond motifs is 2. The number of nitro benzene ring substituents is 1. The second-order valence-electron chi connectivity index (χ2n) is 5.10. The van der Waals surface area contributed by atoms with Gasteiger partial charge in [-0.05, 0) is 31.0 Å². The summed E-state index contributed by atoms with van der Waals surface area (Å²) >= 11 is 0. The van der Waals surface area contributed by atoms with Crippen molar-refractivity contribution in [2.45, 2.75) is 25.4 Å². The molecule has 1 amide bonds. The van der Waals surface area contributed by atoms with Crippen LogP contribution in [0.15, 0.2) is 18.2 Å². The molecule has 0 radical (unpaired) electrons. The van der Waals surface area contributed by atoms with Gasteiger partial charge in [-0.1, -0.05) is 0 Å². The number of anilines is 1. The van der Waals surface area contributed by atoms with Crippen molar-refractivity contribution in [3.8, 4) is 0 Å². The fourth-order valence-corrected chi connectivity index (χ4v) is 3.00. The SMILES string of the molecule is CN1C(=O)C2CCCN2Cc2cc([N+](=O)[O-])ccc21. The smallest absolute Gasteiger partial charge is 0.269 e. The van der Waals surface area contributed by atoms with E-state index < -0.39 is 4.92 Å². The van der Waals surface area contributed by atoms with Crippen LogP contribution in [0.5, 0.6) is 0 Å². The Bertz CT molecular complexity index is 558. The molecule has 0 bridgehead atoms. The van der Waals surface area contributed by atoms with Gasteiger partial charge in [0.2, 0.25) is 5.91 Å². The lowest BCUT2D eigenvalue weighted by molar-refractivity contribution is -0.384. The zero-order chi connectivity index (χ0) is 13.6. The van der Waals surface area contributed by atoms with Crippen LogP contribution in [0.3, 0.4) is 0 Å². The molecule has 1 saturated heterocycles. The van der Waals surface area contributed by atoms with E-state index in [4.69, 9.17) is 0 Å². The second-order valence-corrected chi connectivity index (χ2v) is 5.10. The molecule has 100 valence electrons. The standard InChI is InChI=1S/C13H15N3O3/c1-14-11-5-4-10(16(18)19)7-9(11)8-15-6-2-3-12(15)13(14)17/h4-5,7,12H,2-3,6,8H2,1H3. The number of benzene rings is 1. The van der Waals surface area contributed by atoms with Crippen LogP contribution in [-0.4, -0.2) is 35.4 Å². The van der Waals surface area contributed by atoms with E-state index in [1.54, 1.807) is 24.1 Å². The summed E-state index contributed by atoms with van der Waals surface area (Å²) in [5.74, 6) is 0.0881. The lowest BCUT2D eigenvalue weighted by Crippen LogP contribution is -2.41. The summed E-state index contributed by atoms with van der Waals surface area (Å²) in [4.78, 5) is 26.6. The zero-order valence-corrected chi connectivity index (χ0v) is 10.7. The molecular weight excluding hydrogens is 246 g/mol. The highest BCUT2D eigenvalue weighted by Gasteiger charge is 2.36. The van der Waals surface area contributed by atoms with E-state index in [2.05, 4.69) is 4.90 Å². The summed E-state index contributed by atoms with van der Waals surface area (Å²) in [7, 11) is 1.74. The number of hydrogen-bond donors (Lipinski definition) is 0. The van der Waals surface area contributed by atoms with Gasteiger partial charge < -0.3 is 4.90 Å². The first-order valence-electron chi connectivity index (χ1n) is 6.37. The Labute approximate surface area is 110 Å². The lowest BCUT2D eigenvalue weighted by atomic mass is 10.1. The van der Waals surface area contributed by atoms with Crippen molar-refractivity contribution in [3.63, 3.8) is 0 Å². The summed E-state index contributed by atoms with van der Waals surface area (Å²) in [6, 6.07) is 4.64. The third-order valence-corrected chi connectivity index (χ3v) is 3.99. The Hall–Kier alpha value is -1.95. The predicted octanol–water partition coefficient (Wildman–Crippen LogP) is 1.54. The fraction of sp³-hybridized carbons (Fsp3) is 0.462. The highest BCUT2D eigenvalue weighted by molar-refractivity contribution is 5.98. The molecule has 0 N–H and O–H groups in total. The van der Waals surface area contributed by atoms with Crippen LogP contribution in [0, 0.1) is 10.1 Å². The number of hydrogen-bond acceptors (Lipinski definition) is 4. The summed E-state index contributed by atoms with van der Waals surface area (Å²) in [5, 5.41) is 10.9. The van der Waals surface area contributed by atoms with Gasteiger partial charge in [0.15, 0.2) is 0 Å². The van der Waals surface area contributed by atoms with Gasteiger partial charge in [-0.15, -0.1) is 0 Å². The largest absolute Gasteiger partial charge is 0.314 e. The third kappa shape index (κ3) is 1.88. The molecule has 1 aromatic carbocycles. The van der Waals surface area contributed by atoms with Crippen LogP contribution in [0.25, 0.3) is 0 Å². The number of amides is 1. The summed E-state index contributed by atoms with van der Waals surface area (Å²) in [5.41, 5.74) is 1.72. The van der Waals surface area contributed by atoms with E-state index in [9.17, 15) is 14.9 Å². The molecule has 0 aromatic heterocycles. The maximum absolute atomic E-state index is 12.4. The Morgan fingerprint density at radius 2 is 2.21 bits per heavy atom. The van der Waals surface area contributed by atoms with Gasteiger partial charge in [0.1, 0.15) is 0 Å². The number of carbonyl (C=O) groups is 1. The third-order valence-electron chi connectivity index (χ3n) is 3.99. The molecule has 0 spiro atoms. The highest BCUT2D eigenvalue weighted by atomic mass is 16.6. The summed E-state index contributed by atoms with van der Waals surface area (Å²) in [6.45, 7) is 1.49. The molecule has 6 heteroatoms. The van der Waals surface area contributed by atoms with Crippen molar-refractivity contribution in [2.24, 2.45) is 0 Å². The zero-order valence-electron chi connectivity index (χ0n) is 10.7. The Morgan fingerprint density at radius 1 is 1.42 bits per heavy atom. The quantitative estimate of drug-likeness (QED) is 0.568. The minimum atomic E-state index is -0.394. The van der Waals surface area contributed by atoms with Crippen LogP contribution in [0.4, 0.5) is 11.4 Å². The Balaban J connectivity index is 2.07. The normalized spacial score (nSPS) is 22.9. The van der Waals surface area contributed by atoms with E-state index >= 15 is 0 Å². The van der Waals surface area contributed by atoms with Gasteiger partial charge in [0.25, 0.3) is 5.69 Å². The van der Waals surface area contributed by atoms with Crippen LogP contribution in [-0.2, 0) is 11.3 Å². The van der Waals surface area contributed by atoms with Gasteiger partial charge in [-0.25, -0.2) is 0 Å². The molecule has 3 rings (SSSR count). The van der Waals surface area contributed by atoms with Crippen LogP contribution < -0.4 is 4.90 Å². The lowest BCUT2D eigenvalue weighted by Gasteiger charge is -2.22. The molecule has 1 unspecified atom stereocenters. The first-order valence-corrected chi connectivity index (χ1v) is 6.37. The average molecular weight is 261 g/mol. The maximum Gasteiger partial charge on any atom is 0.269 e. The minimum Gasteiger partial charge on any atom is -0.314 e. The maximum atomic E-state index is 12.4. The van der Waals surface area contributed by atoms with E-state index in [-0.39, 0.29) is 17.6 Å². The van der Waals surface area contributed by atoms with Crippen LogP contribution >= 0.6 is 0 Å². The van der Waals surface area contributed by atoms with Crippen molar-refractivity contribution >= 4 is 17.3 Å². The van der Waals surface area contributed by atoms with Crippen molar-refractivity contribution in [3.05, 3.63) is 33.9 Å². The molecule has 19 heavy (non-hydrogen) atoms. The number of nitrogens with zero attached hydrogens (tertiary/aromatic N) is 3. The molecule has 1 aromatic rings. The first kappa shape index (κ1) is 12.1. The van der Waals surface area contributed by atoms with Crippen molar-refractivity contribution < 1.29 is 9.72 Å². The molecule has 2 aliphatic rings. The van der Waals surface area contributed by atoms with Crippen LogP contribution in [0.2, 0.25) is 0 Å². The molecular formula is C13H15N3O3. The van der Waals surface area contributed by atoms with Gasteiger partial charge in [-0.2, -0.15) is 0 Å². The number of non-ortho nitro benzene ring substituents is 1. The van der Waals surface area contributed by atoms with E-state index in [0.29, 0.717) is 6.54 Å². The average Bonchev–Trinajstić information content (AvgIpc) is 2.81. The molecule has 1 fully saturated rings. The van der Waals surface area contributed by atoms with E-state index in [0.717, 1.165) is 30.6 Å². The molecule has 0 saturated carbocycles. The van der Waals surface area contributed by atoms with Gasteiger partial charge in [0, 0.05) is 31.4 Å². The number of likely N-dealkylation sites (N-methyl/N-ethyl adjacent to an activating group) is 1. The molecule has 6 nitrogen and oxygen atoms in total. The van der Waals surface area contributed by atoms with E-state index in [1.807, 2.05) is 0 Å². The molecule has 0 aliphatic carbocycles. The van der Waals surface area contributed by atoms with Crippen molar-refractivity contribution in [2.75, 3.05) is 18.5 Å². The Morgan fingerprint density at radius 3 is 2.95 bits per heavy atom. The van der Waals surface area contributed by atoms with Gasteiger partial charge in [0.05, 0.1) is 11.0 Å². The number of nitro groups is 1. The summed E-state index contributed by atoms with van der Waals surface area (Å²) < 4.78 is 0. The Kier molecular flexibility index (Phi) is 2.74. The monoisotopic (exact) mass is 261 g/mol. The molecule has 2 heterocycles. The van der Waals surface area contributed by atoms with Crippen molar-refractivity contribution in [1.82, 2.24) is 4.90 Å². The first-order chi connectivity index (χ1) is 9.08. The van der Waals surface area contributed by atoms with Crippen LogP contribution in [0.1, 0.15) is 18.4 Å². The predicted molar refractivity (Wildman–Crippen MR) is 69.9 cm³/mol. The highest BCUT2D eigenvalue weighted by Crippen LogP contribution is 2.33. The molecule has 1 atom stereocenters. The fourth-order valence-electron chi connectivity index (χ4n) is 3.00. The van der Waals surface area contributed by atoms with Crippen molar-refractivity contribution in [1.29, 1.82) is 0 Å².